The Morgan fingerprint density at radius 1 is 1.15 bits per heavy atom. The molecule has 0 amide bonds. The van der Waals surface area contributed by atoms with Crippen LogP contribution in [0.5, 0.6) is 0 Å². The lowest BCUT2D eigenvalue weighted by molar-refractivity contribution is 0.602. The quantitative estimate of drug-likeness (QED) is 0.924. The van der Waals surface area contributed by atoms with Gasteiger partial charge in [0, 0.05) is 11.7 Å². The van der Waals surface area contributed by atoms with Gasteiger partial charge in [0.25, 0.3) is 0 Å². The van der Waals surface area contributed by atoms with Gasteiger partial charge < -0.3 is 5.32 Å². The molecule has 0 radical (unpaired) electrons. The molecule has 1 saturated heterocycles. The van der Waals surface area contributed by atoms with Crippen LogP contribution in [0.25, 0.3) is 0 Å². The van der Waals surface area contributed by atoms with E-state index in [1.54, 1.807) is 0 Å². The average molecular weight is 295 g/mol. The third kappa shape index (κ3) is 3.54. The predicted octanol–water partition coefficient (Wildman–Crippen LogP) is 3.53. The molecule has 1 fully saturated rings. The van der Waals surface area contributed by atoms with Gasteiger partial charge in [0.15, 0.2) is 9.84 Å². The maximum absolute atomic E-state index is 11.6. The van der Waals surface area contributed by atoms with Gasteiger partial charge >= 0.3 is 0 Å². The van der Waals surface area contributed by atoms with Crippen LogP contribution in [0.15, 0.2) is 18.2 Å². The van der Waals surface area contributed by atoms with E-state index in [0.717, 1.165) is 5.69 Å². The standard InChI is InChI=1S/C16H25NO2S/c1-11(2)13-5-6-16(15(9-13)12(3)4)17-14-7-8-20(18,19)10-14/h5-6,9,11-12,14,17H,7-8,10H2,1-4H3. The number of sulfone groups is 1. The Morgan fingerprint density at radius 2 is 1.85 bits per heavy atom. The summed E-state index contributed by atoms with van der Waals surface area (Å²) in [6.07, 6.45) is 0.714. The summed E-state index contributed by atoms with van der Waals surface area (Å²) in [5.41, 5.74) is 3.70. The van der Waals surface area contributed by atoms with Crippen molar-refractivity contribution in [3.05, 3.63) is 29.3 Å². The Balaban J connectivity index is 2.23. The normalized spacial score (nSPS) is 21.6. The Bertz CT molecular complexity index is 576. The van der Waals surface area contributed by atoms with E-state index in [1.807, 2.05) is 0 Å². The van der Waals surface area contributed by atoms with E-state index in [2.05, 4.69) is 51.2 Å². The Morgan fingerprint density at radius 3 is 2.35 bits per heavy atom. The summed E-state index contributed by atoms with van der Waals surface area (Å²) in [5.74, 6) is 1.50. The van der Waals surface area contributed by atoms with E-state index in [9.17, 15) is 8.42 Å². The first-order chi connectivity index (χ1) is 9.28. The van der Waals surface area contributed by atoms with Gasteiger partial charge in [-0.25, -0.2) is 8.42 Å². The van der Waals surface area contributed by atoms with Crippen LogP contribution in [0.1, 0.15) is 57.1 Å². The minimum atomic E-state index is -2.83. The molecule has 1 aromatic rings. The highest BCUT2D eigenvalue weighted by atomic mass is 32.2. The van der Waals surface area contributed by atoms with E-state index in [0.29, 0.717) is 24.0 Å². The first-order valence-corrected chi connectivity index (χ1v) is 9.21. The van der Waals surface area contributed by atoms with Gasteiger partial charge in [-0.3, -0.25) is 0 Å². The topological polar surface area (TPSA) is 46.2 Å². The number of hydrogen-bond donors (Lipinski definition) is 1. The highest BCUT2D eigenvalue weighted by molar-refractivity contribution is 7.91. The molecule has 112 valence electrons. The second kappa shape index (κ2) is 5.76. The summed E-state index contributed by atoms with van der Waals surface area (Å²) in [5, 5.41) is 3.43. The number of nitrogens with one attached hydrogen (secondary N) is 1. The van der Waals surface area contributed by atoms with Crippen LogP contribution in [0.2, 0.25) is 0 Å². The molecule has 1 aliphatic rings. The molecular formula is C16H25NO2S. The number of benzene rings is 1. The third-order valence-corrected chi connectivity index (χ3v) is 5.72. The zero-order chi connectivity index (χ0) is 14.9. The maximum atomic E-state index is 11.6. The van der Waals surface area contributed by atoms with Crippen molar-refractivity contribution < 1.29 is 8.42 Å². The molecule has 1 aromatic carbocycles. The summed E-state index contributed by atoms with van der Waals surface area (Å²) >= 11 is 0. The number of hydrogen-bond acceptors (Lipinski definition) is 3. The van der Waals surface area contributed by atoms with Gasteiger partial charge in [0.1, 0.15) is 0 Å². The van der Waals surface area contributed by atoms with Crippen molar-refractivity contribution in [1.82, 2.24) is 0 Å². The molecule has 0 bridgehead atoms. The first kappa shape index (κ1) is 15.4. The van der Waals surface area contributed by atoms with Crippen LogP contribution in [0, 0.1) is 0 Å². The highest BCUT2D eigenvalue weighted by Gasteiger charge is 2.28. The third-order valence-electron chi connectivity index (χ3n) is 3.96. The van der Waals surface area contributed by atoms with Crippen molar-refractivity contribution >= 4 is 15.5 Å². The van der Waals surface area contributed by atoms with Gasteiger partial charge in [-0.2, -0.15) is 0 Å². The molecule has 0 aromatic heterocycles. The molecule has 4 heteroatoms. The van der Waals surface area contributed by atoms with Gasteiger partial charge in [0.2, 0.25) is 0 Å². The summed E-state index contributed by atoms with van der Waals surface area (Å²) in [4.78, 5) is 0. The lowest BCUT2D eigenvalue weighted by atomic mass is 9.94. The molecule has 20 heavy (non-hydrogen) atoms. The number of anilines is 1. The molecule has 1 atom stereocenters. The van der Waals surface area contributed by atoms with Crippen molar-refractivity contribution in [3.63, 3.8) is 0 Å². The smallest absolute Gasteiger partial charge is 0.152 e. The van der Waals surface area contributed by atoms with Crippen LogP contribution < -0.4 is 5.32 Å². The minimum Gasteiger partial charge on any atom is -0.381 e. The Hall–Kier alpha value is -1.03. The summed E-state index contributed by atoms with van der Waals surface area (Å²) in [7, 11) is -2.83. The maximum Gasteiger partial charge on any atom is 0.152 e. The van der Waals surface area contributed by atoms with Gasteiger partial charge in [-0.15, -0.1) is 0 Å². The molecule has 2 rings (SSSR count). The summed E-state index contributed by atoms with van der Waals surface area (Å²) in [6.45, 7) is 8.73. The molecule has 0 aliphatic carbocycles. The Labute approximate surface area is 122 Å². The molecule has 1 N–H and O–H groups in total. The fourth-order valence-corrected chi connectivity index (χ4v) is 4.35. The SMILES string of the molecule is CC(C)c1ccc(NC2CCS(=O)(=O)C2)c(C(C)C)c1. The second-order valence-corrected chi connectivity index (χ2v) is 8.63. The zero-order valence-electron chi connectivity index (χ0n) is 12.8. The average Bonchev–Trinajstić information content (AvgIpc) is 2.68. The van der Waals surface area contributed by atoms with Crippen LogP contribution in [-0.2, 0) is 9.84 Å². The van der Waals surface area contributed by atoms with E-state index >= 15 is 0 Å². The molecule has 0 spiro atoms. The lowest BCUT2D eigenvalue weighted by Gasteiger charge is -2.20. The van der Waals surface area contributed by atoms with Crippen molar-refractivity contribution in [2.45, 2.75) is 52.0 Å². The molecule has 3 nitrogen and oxygen atoms in total. The van der Waals surface area contributed by atoms with Crippen LogP contribution in [0.4, 0.5) is 5.69 Å². The predicted molar refractivity (Wildman–Crippen MR) is 85.3 cm³/mol. The van der Waals surface area contributed by atoms with Crippen LogP contribution in [0.3, 0.4) is 0 Å². The molecule has 0 saturated carbocycles. The zero-order valence-corrected chi connectivity index (χ0v) is 13.6. The summed E-state index contributed by atoms with van der Waals surface area (Å²) in [6, 6.07) is 6.56. The van der Waals surface area contributed by atoms with Crippen LogP contribution in [-0.4, -0.2) is 26.0 Å². The highest BCUT2D eigenvalue weighted by Crippen LogP contribution is 2.30. The van der Waals surface area contributed by atoms with Crippen LogP contribution >= 0.6 is 0 Å². The van der Waals surface area contributed by atoms with Crippen molar-refractivity contribution in [3.8, 4) is 0 Å². The molecule has 1 unspecified atom stereocenters. The summed E-state index contributed by atoms with van der Waals surface area (Å²) < 4.78 is 23.1. The molecule has 1 heterocycles. The molecule has 1 aliphatic heterocycles. The Kier molecular flexibility index (Phi) is 4.43. The van der Waals surface area contributed by atoms with E-state index in [1.165, 1.54) is 11.1 Å². The van der Waals surface area contributed by atoms with Crippen molar-refractivity contribution in [2.75, 3.05) is 16.8 Å². The monoisotopic (exact) mass is 295 g/mol. The first-order valence-electron chi connectivity index (χ1n) is 7.39. The fraction of sp³-hybridized carbons (Fsp3) is 0.625. The van der Waals surface area contributed by atoms with Crippen molar-refractivity contribution in [2.24, 2.45) is 0 Å². The van der Waals surface area contributed by atoms with Gasteiger partial charge in [0.05, 0.1) is 11.5 Å². The largest absolute Gasteiger partial charge is 0.381 e. The fourth-order valence-electron chi connectivity index (χ4n) is 2.68. The van der Waals surface area contributed by atoms with E-state index < -0.39 is 9.84 Å². The number of rotatable bonds is 4. The van der Waals surface area contributed by atoms with Gasteiger partial charge in [-0.1, -0.05) is 39.8 Å². The lowest BCUT2D eigenvalue weighted by Crippen LogP contribution is -2.21. The minimum absolute atomic E-state index is 0.0578. The van der Waals surface area contributed by atoms with Gasteiger partial charge in [-0.05, 0) is 35.4 Å². The van der Waals surface area contributed by atoms with E-state index in [-0.39, 0.29) is 11.8 Å². The second-order valence-electron chi connectivity index (χ2n) is 6.40. The van der Waals surface area contributed by atoms with E-state index in [4.69, 9.17) is 0 Å². The van der Waals surface area contributed by atoms with Crippen molar-refractivity contribution in [1.29, 1.82) is 0 Å². The molecular weight excluding hydrogens is 270 g/mol.